The molecule has 0 saturated carbocycles. The first-order chi connectivity index (χ1) is 32.8. The maximum absolute atomic E-state index is 2.46. The molecule has 14 aromatic rings. The molecule has 0 atom stereocenters. The molecule has 0 radical (unpaired) electrons. The van der Waals surface area contributed by atoms with Crippen molar-refractivity contribution in [1.82, 2.24) is 4.57 Å². The lowest BCUT2D eigenvalue weighted by Crippen LogP contribution is -1.96. The lowest BCUT2D eigenvalue weighted by Gasteiger charge is -2.19. The summed E-state index contributed by atoms with van der Waals surface area (Å²) in [4.78, 5) is 0. The molecule has 0 amide bonds. The van der Waals surface area contributed by atoms with E-state index >= 15 is 0 Å². The number of hydrogen-bond acceptors (Lipinski definition) is 1. The van der Waals surface area contributed by atoms with Crippen molar-refractivity contribution in [2.45, 2.75) is 0 Å². The van der Waals surface area contributed by atoms with Crippen molar-refractivity contribution in [2.75, 3.05) is 0 Å². The minimum Gasteiger partial charge on any atom is -0.309 e. The van der Waals surface area contributed by atoms with E-state index in [1.54, 1.807) is 0 Å². The Hall–Kier alpha value is -8.30. The van der Waals surface area contributed by atoms with E-state index in [2.05, 4.69) is 241 Å². The standard InChI is InChI=1S/C64H39NS/c1-3-19-40(20-4-1)59-45-24-7-13-30-51(45)62(52-31-14-8-25-46(52)59)56-35-18-33-54-44-38-37-41(39-58(44)66-64(54)56)60-47-26-9-11-28-49(47)61(50-29-12-10-27-48(50)60)55-34-17-32-53-43-23-15-16-36-57(43)65(63(53)55)42-21-5-2-6-22-42/h1-39H. The SMILES string of the molecule is c1ccc(-c2c3ccccc3c(-c3cccc4c3sc3cc(-c5c6ccccc6c(-c6cccc7c8ccccc8n(-c8ccccc8)c67)c6ccccc56)ccc34)c3ccccc23)cc1. The molecule has 0 unspecified atom stereocenters. The molecule has 14 rings (SSSR count). The first-order valence-corrected chi connectivity index (χ1v) is 23.6. The number of nitrogens with zero attached hydrogens (tertiary/aromatic N) is 1. The number of benzene rings is 12. The Bertz CT molecular complexity index is 4160. The Labute approximate surface area is 385 Å². The molecule has 12 aromatic carbocycles. The van der Waals surface area contributed by atoms with Gasteiger partial charge in [0.25, 0.3) is 0 Å². The molecule has 0 bridgehead atoms. The van der Waals surface area contributed by atoms with E-state index in [9.17, 15) is 0 Å². The smallest absolute Gasteiger partial charge is 0.0619 e. The summed E-state index contributed by atoms with van der Waals surface area (Å²) in [6, 6.07) is 87.6. The zero-order valence-corrected chi connectivity index (χ0v) is 36.7. The zero-order chi connectivity index (χ0) is 43.3. The zero-order valence-electron chi connectivity index (χ0n) is 35.9. The summed E-state index contributed by atoms with van der Waals surface area (Å²) in [5.74, 6) is 0. The van der Waals surface area contributed by atoms with Crippen LogP contribution < -0.4 is 0 Å². The number of aromatic nitrogens is 1. The Morgan fingerprint density at radius 3 is 1.30 bits per heavy atom. The minimum atomic E-state index is 1.16. The predicted molar refractivity (Wildman–Crippen MR) is 285 cm³/mol. The molecule has 2 heteroatoms. The molecule has 0 aliphatic heterocycles. The lowest BCUT2D eigenvalue weighted by molar-refractivity contribution is 1.18. The van der Waals surface area contributed by atoms with Gasteiger partial charge in [-0.1, -0.05) is 212 Å². The van der Waals surface area contributed by atoms with E-state index in [0.717, 1.165) is 5.69 Å². The van der Waals surface area contributed by atoms with Crippen LogP contribution in [0.2, 0.25) is 0 Å². The van der Waals surface area contributed by atoms with Crippen molar-refractivity contribution in [3.8, 4) is 50.2 Å². The van der Waals surface area contributed by atoms with Gasteiger partial charge in [-0.25, -0.2) is 0 Å². The second kappa shape index (κ2) is 14.6. The van der Waals surface area contributed by atoms with Gasteiger partial charge >= 0.3 is 0 Å². The Kier molecular flexibility index (Phi) is 8.22. The second-order valence-corrected chi connectivity index (χ2v) is 18.5. The molecule has 0 spiro atoms. The Morgan fingerprint density at radius 1 is 0.273 bits per heavy atom. The molecule has 2 aromatic heterocycles. The summed E-state index contributed by atoms with van der Waals surface area (Å²) in [7, 11) is 0. The Morgan fingerprint density at radius 2 is 0.712 bits per heavy atom. The van der Waals surface area contributed by atoms with Gasteiger partial charge in [0.15, 0.2) is 0 Å². The molecule has 306 valence electrons. The molecular weight excluding hydrogens is 815 g/mol. The summed E-state index contributed by atoms with van der Waals surface area (Å²) in [6.45, 7) is 0. The monoisotopic (exact) mass is 853 g/mol. The van der Waals surface area contributed by atoms with Crippen molar-refractivity contribution < 1.29 is 0 Å². The van der Waals surface area contributed by atoms with Crippen molar-refractivity contribution in [1.29, 1.82) is 0 Å². The highest BCUT2D eigenvalue weighted by atomic mass is 32.1. The van der Waals surface area contributed by atoms with E-state index in [1.165, 1.54) is 130 Å². The molecule has 0 aliphatic carbocycles. The maximum Gasteiger partial charge on any atom is 0.0619 e. The van der Waals surface area contributed by atoms with E-state index in [4.69, 9.17) is 0 Å². The molecule has 0 fully saturated rings. The van der Waals surface area contributed by atoms with Crippen LogP contribution >= 0.6 is 11.3 Å². The normalized spacial score (nSPS) is 11.9. The minimum absolute atomic E-state index is 1.16. The fraction of sp³-hybridized carbons (Fsp3) is 0. The predicted octanol–water partition coefficient (Wildman–Crippen LogP) is 18.4. The van der Waals surface area contributed by atoms with Crippen molar-refractivity contribution in [3.63, 3.8) is 0 Å². The van der Waals surface area contributed by atoms with Crippen LogP contribution in [0.25, 0.3) is 135 Å². The molecule has 2 heterocycles. The van der Waals surface area contributed by atoms with Gasteiger partial charge in [0.1, 0.15) is 0 Å². The number of thiophene rings is 1. The highest BCUT2D eigenvalue weighted by Crippen LogP contribution is 2.51. The molecule has 0 saturated heterocycles. The van der Waals surface area contributed by atoms with Crippen LogP contribution in [0.1, 0.15) is 0 Å². The quantitative estimate of drug-likeness (QED) is 0.152. The van der Waals surface area contributed by atoms with Crippen LogP contribution in [-0.4, -0.2) is 4.57 Å². The fourth-order valence-electron chi connectivity index (χ4n) is 11.3. The first kappa shape index (κ1) is 37.1. The van der Waals surface area contributed by atoms with Crippen LogP contribution in [-0.2, 0) is 0 Å². The average Bonchev–Trinajstić information content (AvgIpc) is 3.94. The van der Waals surface area contributed by atoms with E-state index in [0.29, 0.717) is 0 Å². The average molecular weight is 854 g/mol. The molecular formula is C64H39NS. The van der Waals surface area contributed by atoms with Crippen molar-refractivity contribution in [2.24, 2.45) is 0 Å². The van der Waals surface area contributed by atoms with Gasteiger partial charge in [-0.05, 0) is 101 Å². The third-order valence-corrected chi connectivity index (χ3v) is 15.2. The van der Waals surface area contributed by atoms with Gasteiger partial charge in [-0.2, -0.15) is 0 Å². The second-order valence-electron chi connectivity index (χ2n) is 17.4. The molecule has 0 N–H and O–H groups in total. The van der Waals surface area contributed by atoms with Gasteiger partial charge in [-0.15, -0.1) is 11.3 Å². The number of fused-ring (bicyclic) bond motifs is 10. The summed E-state index contributed by atoms with van der Waals surface area (Å²) in [6.07, 6.45) is 0. The molecule has 66 heavy (non-hydrogen) atoms. The van der Waals surface area contributed by atoms with E-state index in [1.807, 2.05) is 11.3 Å². The lowest BCUT2D eigenvalue weighted by atomic mass is 9.85. The summed E-state index contributed by atoms with van der Waals surface area (Å²) in [5.41, 5.74) is 13.7. The Balaban J connectivity index is 1.01. The fourth-order valence-corrected chi connectivity index (χ4v) is 12.5. The van der Waals surface area contributed by atoms with Gasteiger partial charge in [0, 0.05) is 47.8 Å². The van der Waals surface area contributed by atoms with Gasteiger partial charge < -0.3 is 4.57 Å². The van der Waals surface area contributed by atoms with Gasteiger partial charge in [0.05, 0.1) is 11.0 Å². The van der Waals surface area contributed by atoms with Crippen LogP contribution in [0.5, 0.6) is 0 Å². The largest absolute Gasteiger partial charge is 0.309 e. The molecule has 0 aliphatic rings. The first-order valence-electron chi connectivity index (χ1n) is 22.8. The highest BCUT2D eigenvalue weighted by Gasteiger charge is 2.23. The number of hydrogen-bond donors (Lipinski definition) is 0. The summed E-state index contributed by atoms with van der Waals surface area (Å²) in [5, 5.41) is 15.2. The van der Waals surface area contributed by atoms with E-state index in [-0.39, 0.29) is 0 Å². The highest BCUT2D eigenvalue weighted by molar-refractivity contribution is 7.26. The van der Waals surface area contributed by atoms with Gasteiger partial charge in [0.2, 0.25) is 0 Å². The maximum atomic E-state index is 2.46. The topological polar surface area (TPSA) is 4.93 Å². The van der Waals surface area contributed by atoms with E-state index < -0.39 is 0 Å². The van der Waals surface area contributed by atoms with Crippen LogP contribution in [0.3, 0.4) is 0 Å². The van der Waals surface area contributed by atoms with Crippen LogP contribution in [0.4, 0.5) is 0 Å². The van der Waals surface area contributed by atoms with Gasteiger partial charge in [-0.3, -0.25) is 0 Å². The van der Waals surface area contributed by atoms with Crippen molar-refractivity contribution >= 4 is 96.4 Å². The number of rotatable bonds is 5. The number of para-hydroxylation sites is 3. The third-order valence-electron chi connectivity index (χ3n) is 14.0. The van der Waals surface area contributed by atoms with Crippen LogP contribution in [0, 0.1) is 0 Å². The molecule has 1 nitrogen and oxygen atoms in total. The summed E-state index contributed by atoms with van der Waals surface area (Å²) < 4.78 is 5.07. The van der Waals surface area contributed by atoms with Crippen LogP contribution in [0.15, 0.2) is 237 Å². The summed E-state index contributed by atoms with van der Waals surface area (Å²) >= 11 is 1.92. The third kappa shape index (κ3) is 5.40. The van der Waals surface area contributed by atoms with Crippen molar-refractivity contribution in [3.05, 3.63) is 237 Å².